The summed E-state index contributed by atoms with van der Waals surface area (Å²) in [6.07, 6.45) is 0. The lowest BCUT2D eigenvalue weighted by molar-refractivity contribution is 0.0697. The van der Waals surface area contributed by atoms with Gasteiger partial charge in [-0.05, 0) is 0 Å². The van der Waals surface area contributed by atoms with Crippen LogP contribution in [0.3, 0.4) is 0 Å². The maximum Gasteiger partial charge on any atom is 0.146 e. The Labute approximate surface area is 69.9 Å². The van der Waals surface area contributed by atoms with Crippen LogP contribution in [0.25, 0.3) is 0 Å². The maximum absolute atomic E-state index is 5.29. The van der Waals surface area contributed by atoms with E-state index in [1.54, 1.807) is 0 Å². The van der Waals surface area contributed by atoms with Gasteiger partial charge < -0.3 is 9.30 Å². The van der Waals surface area contributed by atoms with Crippen LogP contribution in [-0.4, -0.2) is 39.1 Å². The Morgan fingerprint density at radius 1 is 1.36 bits per heavy atom. The van der Waals surface area contributed by atoms with Gasteiger partial charge in [0.2, 0.25) is 0 Å². The summed E-state index contributed by atoms with van der Waals surface area (Å²) >= 11 is 0. The first-order valence-corrected chi connectivity index (χ1v) is 7.15. The Bertz CT molecular complexity index is 141. The minimum atomic E-state index is -1.26. The Balaban J connectivity index is 2.50. The molecule has 1 aliphatic heterocycles. The Kier molecular flexibility index (Phi) is 2.87. The van der Waals surface area contributed by atoms with E-state index in [1.807, 2.05) is 0 Å². The molecule has 2 nitrogen and oxygen atoms in total. The summed E-state index contributed by atoms with van der Waals surface area (Å²) < 4.78 is 7.82. The molecule has 1 fully saturated rings. The quantitative estimate of drug-likeness (QED) is 0.580. The first kappa shape index (κ1) is 8.97. The van der Waals surface area contributed by atoms with Crippen molar-refractivity contribution in [3.05, 3.63) is 12.3 Å². The predicted octanol–water partition coefficient (Wildman–Crippen LogP) is 1.25. The van der Waals surface area contributed by atoms with Crippen LogP contribution in [0.4, 0.5) is 0 Å². The van der Waals surface area contributed by atoms with Gasteiger partial charge in [-0.3, -0.25) is 0 Å². The summed E-state index contributed by atoms with van der Waals surface area (Å²) in [7, 11) is -1.26. The van der Waals surface area contributed by atoms with Gasteiger partial charge in [0.15, 0.2) is 0 Å². The maximum atomic E-state index is 5.29. The number of ether oxygens (including phenoxy) is 1. The van der Waals surface area contributed by atoms with Gasteiger partial charge in [0.05, 0.1) is 13.2 Å². The van der Waals surface area contributed by atoms with E-state index < -0.39 is 8.24 Å². The van der Waals surface area contributed by atoms with E-state index >= 15 is 0 Å². The third-order valence-corrected chi connectivity index (χ3v) is 5.40. The van der Waals surface area contributed by atoms with E-state index in [1.165, 1.54) is 0 Å². The normalized spacial score (nSPS) is 21.6. The fourth-order valence-corrected chi connectivity index (χ4v) is 2.86. The van der Waals surface area contributed by atoms with Crippen molar-refractivity contribution in [2.24, 2.45) is 0 Å². The van der Waals surface area contributed by atoms with Crippen molar-refractivity contribution in [1.82, 2.24) is 4.57 Å². The standard InChI is InChI=1S/C8H17NOSi/c1-4-11(2,3)9-5-7-10-8-6-9/h4H,1,5-8H2,2-3H3. The van der Waals surface area contributed by atoms with Crippen LogP contribution >= 0.6 is 0 Å². The lowest BCUT2D eigenvalue weighted by atomic mass is 10.5. The highest BCUT2D eigenvalue weighted by Gasteiger charge is 2.26. The molecule has 0 bridgehead atoms. The monoisotopic (exact) mass is 171 g/mol. The van der Waals surface area contributed by atoms with Gasteiger partial charge in [0, 0.05) is 13.1 Å². The first-order chi connectivity index (χ1) is 5.17. The minimum Gasteiger partial charge on any atom is -0.379 e. The Morgan fingerprint density at radius 2 is 1.91 bits per heavy atom. The van der Waals surface area contributed by atoms with E-state index in [0.717, 1.165) is 26.3 Å². The molecule has 0 aromatic heterocycles. The highest BCUT2D eigenvalue weighted by atomic mass is 28.3. The van der Waals surface area contributed by atoms with Gasteiger partial charge in [-0.25, -0.2) is 0 Å². The number of hydrogen-bond acceptors (Lipinski definition) is 2. The van der Waals surface area contributed by atoms with Gasteiger partial charge in [0.25, 0.3) is 0 Å². The molecule has 0 amide bonds. The molecular weight excluding hydrogens is 154 g/mol. The smallest absolute Gasteiger partial charge is 0.146 e. The molecule has 0 aromatic carbocycles. The highest BCUT2D eigenvalue weighted by molar-refractivity contribution is 6.79. The molecule has 0 saturated carbocycles. The average molecular weight is 171 g/mol. The molecule has 1 rings (SSSR count). The molecule has 0 unspecified atom stereocenters. The molecule has 0 aromatic rings. The van der Waals surface area contributed by atoms with E-state index in [9.17, 15) is 0 Å². The summed E-state index contributed by atoms with van der Waals surface area (Å²) in [6, 6.07) is 0. The van der Waals surface area contributed by atoms with E-state index in [4.69, 9.17) is 4.74 Å². The average Bonchev–Trinajstić information content (AvgIpc) is 2.06. The Hall–Kier alpha value is -0.123. The molecule has 64 valence electrons. The molecular formula is C8H17NOSi. The Morgan fingerprint density at radius 3 is 2.36 bits per heavy atom. The van der Waals surface area contributed by atoms with Crippen LogP contribution in [0.1, 0.15) is 0 Å². The third-order valence-electron chi connectivity index (χ3n) is 2.33. The van der Waals surface area contributed by atoms with E-state index in [0.29, 0.717) is 0 Å². The fraction of sp³-hybridized carbons (Fsp3) is 0.750. The molecule has 0 spiro atoms. The first-order valence-electron chi connectivity index (χ1n) is 4.13. The zero-order valence-corrected chi connectivity index (χ0v) is 8.47. The summed E-state index contributed by atoms with van der Waals surface area (Å²) in [5.41, 5.74) is 2.14. The topological polar surface area (TPSA) is 12.5 Å². The van der Waals surface area contributed by atoms with Crippen LogP contribution in [0, 0.1) is 0 Å². The van der Waals surface area contributed by atoms with Gasteiger partial charge in [0.1, 0.15) is 8.24 Å². The van der Waals surface area contributed by atoms with Crippen molar-refractivity contribution in [2.45, 2.75) is 13.1 Å². The van der Waals surface area contributed by atoms with Crippen LogP contribution < -0.4 is 0 Å². The van der Waals surface area contributed by atoms with Crippen molar-refractivity contribution < 1.29 is 4.74 Å². The van der Waals surface area contributed by atoms with Crippen molar-refractivity contribution in [3.8, 4) is 0 Å². The zero-order valence-electron chi connectivity index (χ0n) is 7.47. The molecule has 0 N–H and O–H groups in total. The molecule has 1 aliphatic rings. The molecule has 0 aliphatic carbocycles. The summed E-state index contributed by atoms with van der Waals surface area (Å²) in [5.74, 6) is 0. The second-order valence-corrected chi connectivity index (χ2v) is 7.81. The molecule has 0 atom stereocenters. The fourth-order valence-electron chi connectivity index (χ4n) is 1.27. The lowest BCUT2D eigenvalue weighted by Crippen LogP contribution is -2.52. The molecule has 1 heterocycles. The van der Waals surface area contributed by atoms with E-state index in [-0.39, 0.29) is 0 Å². The predicted molar refractivity (Wildman–Crippen MR) is 50.1 cm³/mol. The van der Waals surface area contributed by atoms with Crippen molar-refractivity contribution in [3.63, 3.8) is 0 Å². The molecule has 0 radical (unpaired) electrons. The largest absolute Gasteiger partial charge is 0.379 e. The minimum absolute atomic E-state index is 0.893. The zero-order chi connectivity index (χ0) is 8.32. The van der Waals surface area contributed by atoms with Gasteiger partial charge in [-0.1, -0.05) is 18.8 Å². The third kappa shape index (κ3) is 2.15. The van der Waals surface area contributed by atoms with Crippen LogP contribution in [0.5, 0.6) is 0 Å². The second-order valence-electron chi connectivity index (χ2n) is 3.46. The van der Waals surface area contributed by atoms with Crippen molar-refractivity contribution in [2.75, 3.05) is 26.3 Å². The summed E-state index contributed by atoms with van der Waals surface area (Å²) in [5, 5.41) is 0. The summed E-state index contributed by atoms with van der Waals surface area (Å²) in [4.78, 5) is 0. The van der Waals surface area contributed by atoms with Crippen LogP contribution in [0.2, 0.25) is 13.1 Å². The molecule has 1 saturated heterocycles. The second kappa shape index (κ2) is 3.52. The lowest BCUT2D eigenvalue weighted by Gasteiger charge is -2.37. The van der Waals surface area contributed by atoms with Crippen molar-refractivity contribution in [1.29, 1.82) is 0 Å². The highest BCUT2D eigenvalue weighted by Crippen LogP contribution is 2.12. The number of hydrogen-bond donors (Lipinski definition) is 0. The SMILES string of the molecule is C=C[Si](C)(C)N1CCOCC1. The van der Waals surface area contributed by atoms with E-state index in [2.05, 4.69) is 29.9 Å². The van der Waals surface area contributed by atoms with Crippen LogP contribution in [0.15, 0.2) is 12.3 Å². The number of morpholine rings is 1. The number of nitrogens with zero attached hydrogens (tertiary/aromatic N) is 1. The van der Waals surface area contributed by atoms with Gasteiger partial charge in [-0.2, -0.15) is 0 Å². The van der Waals surface area contributed by atoms with Crippen LogP contribution in [-0.2, 0) is 4.74 Å². The van der Waals surface area contributed by atoms with Gasteiger partial charge >= 0.3 is 0 Å². The summed E-state index contributed by atoms with van der Waals surface area (Å²) in [6.45, 7) is 12.5. The van der Waals surface area contributed by atoms with Gasteiger partial charge in [-0.15, -0.1) is 6.58 Å². The van der Waals surface area contributed by atoms with Crippen molar-refractivity contribution >= 4 is 8.24 Å². The molecule has 11 heavy (non-hydrogen) atoms. The molecule has 3 heteroatoms. The number of rotatable bonds is 2.